The van der Waals surface area contributed by atoms with E-state index in [1.165, 1.54) is 0 Å². The van der Waals surface area contributed by atoms with Gasteiger partial charge in [0.15, 0.2) is 0 Å². The zero-order valence-electron chi connectivity index (χ0n) is 8.87. The van der Waals surface area contributed by atoms with Crippen molar-refractivity contribution >= 4 is 5.91 Å². The Hall–Kier alpha value is -1.29. The molecule has 0 aliphatic carbocycles. The quantitative estimate of drug-likeness (QED) is 0.751. The van der Waals surface area contributed by atoms with Gasteiger partial charge < -0.3 is 5.32 Å². The molecule has 0 aliphatic rings. The molecule has 0 fully saturated rings. The summed E-state index contributed by atoms with van der Waals surface area (Å²) in [4.78, 5) is 11.7. The van der Waals surface area contributed by atoms with Gasteiger partial charge in [-0.1, -0.05) is 6.92 Å². The molecule has 0 bridgehead atoms. The summed E-state index contributed by atoms with van der Waals surface area (Å²) >= 11 is 0. The van der Waals surface area contributed by atoms with Crippen LogP contribution in [0.4, 0.5) is 0 Å². The summed E-state index contributed by atoms with van der Waals surface area (Å²) in [7, 11) is 0. The second kappa shape index (κ2) is 4.28. The highest BCUT2D eigenvalue weighted by molar-refractivity contribution is 5.91. The average molecular weight is 195 g/mol. The Kier molecular flexibility index (Phi) is 3.30. The maximum atomic E-state index is 11.7. The van der Waals surface area contributed by atoms with Gasteiger partial charge in [-0.25, -0.2) is 0 Å². The Morgan fingerprint density at radius 2 is 1.93 bits per heavy atom. The van der Waals surface area contributed by atoms with Crippen molar-refractivity contribution < 1.29 is 4.79 Å². The second-order valence-electron chi connectivity index (χ2n) is 3.69. The van der Waals surface area contributed by atoms with E-state index in [0.29, 0.717) is 0 Å². The molecule has 1 aromatic rings. The lowest BCUT2D eigenvalue weighted by molar-refractivity contribution is -0.122. The van der Waals surface area contributed by atoms with Crippen molar-refractivity contribution in [2.24, 2.45) is 0 Å². The third kappa shape index (κ3) is 2.60. The molecule has 0 saturated carbocycles. The molecular formula is C10H17N3O. The largest absolute Gasteiger partial charge is 0.304 e. The van der Waals surface area contributed by atoms with Crippen LogP contribution in [-0.2, 0) is 4.79 Å². The molecule has 1 heterocycles. The number of hydrogen-bond acceptors (Lipinski definition) is 2. The van der Waals surface area contributed by atoms with Crippen molar-refractivity contribution in [2.45, 2.75) is 26.3 Å². The molecule has 4 heteroatoms. The van der Waals surface area contributed by atoms with Crippen LogP contribution in [0.1, 0.15) is 20.8 Å². The summed E-state index contributed by atoms with van der Waals surface area (Å²) in [6.07, 6.45) is 3.58. The first-order chi connectivity index (χ1) is 6.56. The normalized spacial score (nSPS) is 11.4. The Bertz CT molecular complexity index is 290. The number of amides is 1. The van der Waals surface area contributed by atoms with Crippen LogP contribution in [0.3, 0.4) is 0 Å². The first-order valence-corrected chi connectivity index (χ1v) is 4.75. The highest BCUT2D eigenvalue weighted by Crippen LogP contribution is 2.02. The predicted molar refractivity (Wildman–Crippen MR) is 56.6 cm³/mol. The van der Waals surface area contributed by atoms with Crippen LogP contribution in [-0.4, -0.2) is 22.7 Å². The topological polar surface area (TPSA) is 46.1 Å². The van der Waals surface area contributed by atoms with E-state index in [1.54, 1.807) is 17.1 Å². The molecular weight excluding hydrogens is 178 g/mol. The molecule has 78 valence electrons. The molecule has 0 unspecified atom stereocenters. The van der Waals surface area contributed by atoms with Crippen LogP contribution < -0.4 is 10.7 Å². The van der Waals surface area contributed by atoms with E-state index >= 15 is 0 Å². The zero-order valence-corrected chi connectivity index (χ0v) is 8.87. The van der Waals surface area contributed by atoms with Crippen molar-refractivity contribution in [3.8, 4) is 0 Å². The number of rotatable bonds is 4. The van der Waals surface area contributed by atoms with E-state index in [1.807, 2.05) is 32.9 Å². The molecule has 0 aliphatic heterocycles. The van der Waals surface area contributed by atoms with Crippen LogP contribution in [0, 0.1) is 0 Å². The fourth-order valence-electron chi connectivity index (χ4n) is 1.19. The smallest absolute Gasteiger partial charge is 0.258 e. The highest BCUT2D eigenvalue weighted by atomic mass is 16.2. The van der Waals surface area contributed by atoms with Crippen LogP contribution in [0.15, 0.2) is 24.5 Å². The standard InChI is InChI=1S/C10H17N3O/c1-4-11-10(2,3)9(14)12-13-7-5-6-8-13/h5-8,11H,4H2,1-3H3,(H,12,14). The zero-order chi connectivity index (χ0) is 10.6. The summed E-state index contributed by atoms with van der Waals surface area (Å²) in [5.74, 6) is -0.0458. The van der Waals surface area contributed by atoms with Crippen LogP contribution in [0.25, 0.3) is 0 Å². The van der Waals surface area contributed by atoms with E-state index in [0.717, 1.165) is 6.54 Å². The van der Waals surface area contributed by atoms with Gasteiger partial charge in [-0.2, -0.15) is 0 Å². The van der Waals surface area contributed by atoms with Gasteiger partial charge in [-0.3, -0.25) is 14.9 Å². The minimum atomic E-state index is -0.543. The van der Waals surface area contributed by atoms with Gasteiger partial charge in [0.25, 0.3) is 5.91 Å². The van der Waals surface area contributed by atoms with Crippen molar-refractivity contribution in [3.63, 3.8) is 0 Å². The summed E-state index contributed by atoms with van der Waals surface area (Å²) in [5.41, 5.74) is 2.22. The highest BCUT2D eigenvalue weighted by Gasteiger charge is 2.25. The number of nitrogens with zero attached hydrogens (tertiary/aromatic N) is 1. The predicted octanol–water partition coefficient (Wildman–Crippen LogP) is 0.946. The van der Waals surface area contributed by atoms with Crippen molar-refractivity contribution in [3.05, 3.63) is 24.5 Å². The van der Waals surface area contributed by atoms with Gasteiger partial charge >= 0.3 is 0 Å². The maximum absolute atomic E-state index is 11.7. The molecule has 0 spiro atoms. The van der Waals surface area contributed by atoms with E-state index in [2.05, 4.69) is 10.7 Å². The number of carbonyl (C=O) groups excluding carboxylic acids is 1. The number of hydrogen-bond donors (Lipinski definition) is 2. The first kappa shape index (κ1) is 10.8. The Labute approximate surface area is 84.3 Å². The summed E-state index contributed by atoms with van der Waals surface area (Å²) in [6.45, 7) is 6.46. The van der Waals surface area contributed by atoms with Gasteiger partial charge in [0, 0.05) is 12.4 Å². The number of nitrogens with one attached hydrogen (secondary N) is 2. The van der Waals surface area contributed by atoms with E-state index < -0.39 is 5.54 Å². The lowest BCUT2D eigenvalue weighted by Gasteiger charge is -2.24. The van der Waals surface area contributed by atoms with Crippen LogP contribution in [0.2, 0.25) is 0 Å². The minimum absolute atomic E-state index is 0.0458. The van der Waals surface area contributed by atoms with Gasteiger partial charge in [0.1, 0.15) is 0 Å². The van der Waals surface area contributed by atoms with Gasteiger partial charge in [0.05, 0.1) is 5.54 Å². The molecule has 14 heavy (non-hydrogen) atoms. The SMILES string of the molecule is CCNC(C)(C)C(=O)Nn1cccc1. The number of carbonyl (C=O) groups is 1. The molecule has 1 amide bonds. The molecule has 0 radical (unpaired) electrons. The monoisotopic (exact) mass is 195 g/mol. The van der Waals surface area contributed by atoms with Crippen LogP contribution in [0.5, 0.6) is 0 Å². The third-order valence-corrected chi connectivity index (χ3v) is 2.02. The molecule has 1 aromatic heterocycles. The van der Waals surface area contributed by atoms with E-state index in [9.17, 15) is 4.79 Å². The molecule has 1 rings (SSSR count). The average Bonchev–Trinajstić information content (AvgIpc) is 2.56. The van der Waals surface area contributed by atoms with E-state index in [-0.39, 0.29) is 5.91 Å². The summed E-state index contributed by atoms with van der Waals surface area (Å²) < 4.78 is 1.64. The maximum Gasteiger partial charge on any atom is 0.258 e. The lowest BCUT2D eigenvalue weighted by atomic mass is 10.1. The Balaban J connectivity index is 2.57. The van der Waals surface area contributed by atoms with Crippen molar-refractivity contribution in [2.75, 3.05) is 12.0 Å². The molecule has 4 nitrogen and oxygen atoms in total. The van der Waals surface area contributed by atoms with Crippen molar-refractivity contribution in [1.82, 2.24) is 9.99 Å². The molecule has 0 atom stereocenters. The van der Waals surface area contributed by atoms with Gasteiger partial charge in [-0.15, -0.1) is 0 Å². The minimum Gasteiger partial charge on any atom is -0.304 e. The fraction of sp³-hybridized carbons (Fsp3) is 0.500. The Morgan fingerprint density at radius 1 is 1.36 bits per heavy atom. The third-order valence-electron chi connectivity index (χ3n) is 2.02. The molecule has 0 saturated heterocycles. The number of aromatic nitrogens is 1. The van der Waals surface area contributed by atoms with Crippen molar-refractivity contribution in [1.29, 1.82) is 0 Å². The summed E-state index contributed by atoms with van der Waals surface area (Å²) in [5, 5.41) is 3.11. The Morgan fingerprint density at radius 3 is 2.43 bits per heavy atom. The summed E-state index contributed by atoms with van der Waals surface area (Å²) in [6, 6.07) is 3.72. The molecule has 0 aromatic carbocycles. The first-order valence-electron chi connectivity index (χ1n) is 4.75. The fourth-order valence-corrected chi connectivity index (χ4v) is 1.19. The molecule has 2 N–H and O–H groups in total. The van der Waals surface area contributed by atoms with E-state index in [4.69, 9.17) is 0 Å². The van der Waals surface area contributed by atoms with Gasteiger partial charge in [-0.05, 0) is 32.5 Å². The lowest BCUT2D eigenvalue weighted by Crippen LogP contribution is -2.51. The van der Waals surface area contributed by atoms with Crippen LogP contribution >= 0.6 is 0 Å². The van der Waals surface area contributed by atoms with Gasteiger partial charge in [0.2, 0.25) is 0 Å². The number of likely N-dealkylation sites (N-methyl/N-ethyl adjacent to an activating group) is 1. The second-order valence-corrected chi connectivity index (χ2v) is 3.69.